The van der Waals surface area contributed by atoms with Crippen molar-refractivity contribution in [3.05, 3.63) is 24.3 Å². The topological polar surface area (TPSA) is 50.4 Å². The molecule has 1 unspecified atom stereocenters. The Hall–Kier alpha value is -1.55. The van der Waals surface area contributed by atoms with E-state index in [2.05, 4.69) is 10.6 Å². The van der Waals surface area contributed by atoms with Crippen LogP contribution in [0.25, 0.3) is 0 Å². The molecule has 1 aromatic carbocycles. The van der Waals surface area contributed by atoms with Gasteiger partial charge in [-0.05, 0) is 57.2 Å². The number of hydrogen-bond donors (Lipinski definition) is 2. The first-order chi connectivity index (χ1) is 10.3. The van der Waals surface area contributed by atoms with Gasteiger partial charge >= 0.3 is 0 Å². The first-order valence-corrected chi connectivity index (χ1v) is 8.10. The maximum absolute atomic E-state index is 12.4. The summed E-state index contributed by atoms with van der Waals surface area (Å²) >= 11 is 0. The van der Waals surface area contributed by atoms with Crippen LogP contribution in [0.3, 0.4) is 0 Å². The van der Waals surface area contributed by atoms with Gasteiger partial charge in [-0.3, -0.25) is 4.79 Å². The Kier molecular flexibility index (Phi) is 4.76. The summed E-state index contributed by atoms with van der Waals surface area (Å²) in [4.78, 5) is 12.4. The van der Waals surface area contributed by atoms with Crippen LogP contribution in [-0.2, 0) is 4.79 Å². The Bertz CT molecular complexity index is 477. The summed E-state index contributed by atoms with van der Waals surface area (Å²) in [5.74, 6) is 0.976. The fourth-order valence-corrected chi connectivity index (χ4v) is 3.17. The van der Waals surface area contributed by atoms with Gasteiger partial charge in [0.15, 0.2) is 0 Å². The summed E-state index contributed by atoms with van der Waals surface area (Å²) < 4.78 is 6.06. The molecule has 2 fully saturated rings. The zero-order valence-corrected chi connectivity index (χ0v) is 12.4. The Morgan fingerprint density at radius 3 is 2.71 bits per heavy atom. The quantitative estimate of drug-likeness (QED) is 0.895. The molecule has 1 aromatic rings. The van der Waals surface area contributed by atoms with E-state index in [1.165, 1.54) is 12.8 Å². The van der Waals surface area contributed by atoms with Gasteiger partial charge in [0.25, 0.3) is 0 Å². The van der Waals surface area contributed by atoms with Crippen molar-refractivity contribution >= 4 is 11.6 Å². The van der Waals surface area contributed by atoms with Crippen molar-refractivity contribution < 1.29 is 9.53 Å². The molecule has 0 spiro atoms. The molecule has 1 heterocycles. The average Bonchev–Trinajstić information content (AvgIpc) is 3.03. The number of carbonyl (C=O) groups excluding carboxylic acids is 1. The molecule has 21 heavy (non-hydrogen) atoms. The number of para-hydroxylation sites is 2. The maximum Gasteiger partial charge on any atom is 0.228 e. The minimum atomic E-state index is 0.0679. The van der Waals surface area contributed by atoms with Crippen molar-refractivity contribution in [1.82, 2.24) is 5.32 Å². The van der Waals surface area contributed by atoms with Crippen LogP contribution in [0, 0.1) is 5.92 Å². The van der Waals surface area contributed by atoms with Crippen LogP contribution in [0.4, 0.5) is 5.69 Å². The second-order valence-electron chi connectivity index (χ2n) is 6.05. The van der Waals surface area contributed by atoms with Gasteiger partial charge in [0.05, 0.1) is 17.7 Å². The molecule has 1 saturated heterocycles. The van der Waals surface area contributed by atoms with Gasteiger partial charge in [-0.25, -0.2) is 0 Å². The number of piperidine rings is 1. The van der Waals surface area contributed by atoms with Gasteiger partial charge in [0.1, 0.15) is 5.75 Å². The van der Waals surface area contributed by atoms with Gasteiger partial charge in [-0.2, -0.15) is 0 Å². The third-order valence-electron chi connectivity index (χ3n) is 4.41. The third-order valence-corrected chi connectivity index (χ3v) is 4.41. The average molecular weight is 288 g/mol. The Morgan fingerprint density at radius 1 is 1.14 bits per heavy atom. The van der Waals surface area contributed by atoms with Gasteiger partial charge in [0, 0.05) is 6.54 Å². The van der Waals surface area contributed by atoms with Crippen LogP contribution in [0.5, 0.6) is 5.75 Å². The zero-order valence-electron chi connectivity index (χ0n) is 12.4. The molecule has 0 radical (unpaired) electrons. The summed E-state index contributed by atoms with van der Waals surface area (Å²) in [6, 6.07) is 7.78. The first-order valence-electron chi connectivity index (χ1n) is 8.10. The third kappa shape index (κ3) is 3.76. The molecule has 3 rings (SSSR count). The van der Waals surface area contributed by atoms with Crippen molar-refractivity contribution in [1.29, 1.82) is 0 Å². The largest absolute Gasteiger partial charge is 0.488 e. The number of nitrogens with one attached hydrogen (secondary N) is 2. The smallest absolute Gasteiger partial charge is 0.228 e. The SMILES string of the molecule is O=C(Nc1ccccc1OC1CCCC1)C1CCCNC1. The molecule has 1 atom stereocenters. The predicted molar refractivity (Wildman–Crippen MR) is 83.5 cm³/mol. The lowest BCUT2D eigenvalue weighted by atomic mass is 9.99. The molecule has 4 nitrogen and oxygen atoms in total. The molecule has 1 amide bonds. The van der Waals surface area contributed by atoms with Gasteiger partial charge in [-0.1, -0.05) is 12.1 Å². The molecule has 0 aromatic heterocycles. The van der Waals surface area contributed by atoms with Crippen molar-refractivity contribution in [2.75, 3.05) is 18.4 Å². The number of hydrogen-bond acceptors (Lipinski definition) is 3. The molecule has 2 N–H and O–H groups in total. The van der Waals surface area contributed by atoms with Crippen LogP contribution >= 0.6 is 0 Å². The minimum Gasteiger partial charge on any atom is -0.488 e. The standard InChI is InChI=1S/C17H24N2O2/c20-17(13-6-5-11-18-12-13)19-15-9-3-4-10-16(15)21-14-7-1-2-8-14/h3-4,9-10,13-14,18H,1-2,5-8,11-12H2,(H,19,20). The number of ether oxygens (including phenoxy) is 1. The summed E-state index contributed by atoms with van der Waals surface area (Å²) in [6.07, 6.45) is 7.06. The molecule has 1 aliphatic heterocycles. The highest BCUT2D eigenvalue weighted by atomic mass is 16.5. The summed E-state index contributed by atoms with van der Waals surface area (Å²) in [7, 11) is 0. The normalized spacial score (nSPS) is 23.0. The van der Waals surface area contributed by atoms with E-state index in [4.69, 9.17) is 4.74 Å². The van der Waals surface area contributed by atoms with E-state index in [-0.39, 0.29) is 11.8 Å². The van der Waals surface area contributed by atoms with Gasteiger partial charge < -0.3 is 15.4 Å². The number of carbonyl (C=O) groups is 1. The molecule has 4 heteroatoms. The van der Waals surface area contributed by atoms with Crippen LogP contribution < -0.4 is 15.4 Å². The number of rotatable bonds is 4. The fourth-order valence-electron chi connectivity index (χ4n) is 3.17. The lowest BCUT2D eigenvalue weighted by Crippen LogP contribution is -2.37. The Balaban J connectivity index is 1.65. The van der Waals surface area contributed by atoms with Crippen molar-refractivity contribution in [2.24, 2.45) is 5.92 Å². The summed E-state index contributed by atoms with van der Waals surface area (Å²) in [5.41, 5.74) is 0.806. The monoisotopic (exact) mass is 288 g/mol. The second kappa shape index (κ2) is 6.94. The van der Waals surface area contributed by atoms with Crippen LogP contribution in [0.2, 0.25) is 0 Å². The molecular formula is C17H24N2O2. The first kappa shape index (κ1) is 14.4. The molecule has 2 aliphatic rings. The molecular weight excluding hydrogens is 264 g/mol. The van der Waals surface area contributed by atoms with Gasteiger partial charge in [-0.15, -0.1) is 0 Å². The lowest BCUT2D eigenvalue weighted by Gasteiger charge is -2.23. The number of benzene rings is 1. The fraction of sp³-hybridized carbons (Fsp3) is 0.588. The van der Waals surface area contributed by atoms with E-state index < -0.39 is 0 Å². The van der Waals surface area contributed by atoms with Crippen LogP contribution in [0.15, 0.2) is 24.3 Å². The second-order valence-corrected chi connectivity index (χ2v) is 6.05. The zero-order chi connectivity index (χ0) is 14.5. The highest BCUT2D eigenvalue weighted by Crippen LogP contribution is 2.30. The Labute approximate surface area is 126 Å². The van der Waals surface area contributed by atoms with Crippen molar-refractivity contribution in [3.63, 3.8) is 0 Å². The maximum atomic E-state index is 12.4. The van der Waals surface area contributed by atoms with E-state index in [1.54, 1.807) is 0 Å². The summed E-state index contributed by atoms with van der Waals surface area (Å²) in [5, 5.41) is 6.33. The predicted octanol–water partition coefficient (Wildman–Crippen LogP) is 2.95. The highest BCUT2D eigenvalue weighted by molar-refractivity contribution is 5.94. The highest BCUT2D eigenvalue weighted by Gasteiger charge is 2.23. The molecule has 0 bridgehead atoms. The summed E-state index contributed by atoms with van der Waals surface area (Å²) in [6.45, 7) is 1.79. The van der Waals surface area contributed by atoms with E-state index >= 15 is 0 Å². The van der Waals surface area contributed by atoms with Crippen molar-refractivity contribution in [3.8, 4) is 5.75 Å². The Morgan fingerprint density at radius 2 is 1.95 bits per heavy atom. The van der Waals surface area contributed by atoms with Crippen LogP contribution in [0.1, 0.15) is 38.5 Å². The van der Waals surface area contributed by atoms with E-state index in [0.717, 1.165) is 50.2 Å². The van der Waals surface area contributed by atoms with E-state index in [1.807, 2.05) is 24.3 Å². The number of amides is 1. The van der Waals surface area contributed by atoms with E-state index in [0.29, 0.717) is 6.10 Å². The van der Waals surface area contributed by atoms with Gasteiger partial charge in [0.2, 0.25) is 5.91 Å². The van der Waals surface area contributed by atoms with Crippen molar-refractivity contribution in [2.45, 2.75) is 44.6 Å². The van der Waals surface area contributed by atoms with E-state index in [9.17, 15) is 4.79 Å². The lowest BCUT2D eigenvalue weighted by molar-refractivity contribution is -0.120. The number of anilines is 1. The minimum absolute atomic E-state index is 0.0679. The molecule has 1 aliphatic carbocycles. The molecule has 1 saturated carbocycles. The van der Waals surface area contributed by atoms with Crippen LogP contribution in [-0.4, -0.2) is 25.1 Å². The molecule has 114 valence electrons.